The van der Waals surface area contributed by atoms with Crippen molar-refractivity contribution in [1.82, 2.24) is 14.5 Å². The summed E-state index contributed by atoms with van der Waals surface area (Å²) in [6.45, 7) is 3.48. The molecule has 7 heteroatoms. The fraction of sp³-hybridized carbons (Fsp3) is 0.700. The number of likely N-dealkylation sites (tertiary alicyclic amines) is 1. The minimum atomic E-state index is -0.216. The van der Waals surface area contributed by atoms with Gasteiger partial charge in [0.25, 0.3) is 0 Å². The monoisotopic (exact) mass is 255 g/mol. The first-order chi connectivity index (χ1) is 8.08. The Morgan fingerprint density at radius 3 is 2.94 bits per heavy atom. The normalized spacial score (nSPS) is 25.9. The summed E-state index contributed by atoms with van der Waals surface area (Å²) >= 11 is 1.20. The fourth-order valence-corrected chi connectivity index (χ4v) is 2.59. The molecule has 1 saturated heterocycles. The van der Waals surface area contributed by atoms with E-state index in [1.54, 1.807) is 0 Å². The van der Waals surface area contributed by atoms with Gasteiger partial charge in [-0.25, -0.2) is 0 Å². The number of aromatic nitrogens is 2. The topological polar surface area (TPSA) is 98.1 Å². The number of nitrogens with two attached hydrogens (primary N) is 2. The second-order valence-corrected chi connectivity index (χ2v) is 5.32. The SMILES string of the molecule is CC1CCC(C(N)=O)CN1Cc1nnsc1N. The number of piperidine rings is 1. The second-order valence-electron chi connectivity index (χ2n) is 4.54. The van der Waals surface area contributed by atoms with E-state index in [2.05, 4.69) is 21.4 Å². The molecule has 0 saturated carbocycles. The molecular weight excluding hydrogens is 238 g/mol. The number of carbonyl (C=O) groups excluding carboxylic acids is 1. The van der Waals surface area contributed by atoms with E-state index < -0.39 is 0 Å². The predicted molar refractivity (Wildman–Crippen MR) is 66.1 cm³/mol. The maximum Gasteiger partial charge on any atom is 0.221 e. The van der Waals surface area contributed by atoms with Crippen molar-refractivity contribution < 1.29 is 4.79 Å². The Kier molecular flexibility index (Phi) is 3.58. The number of anilines is 1. The van der Waals surface area contributed by atoms with Gasteiger partial charge in [-0.05, 0) is 19.8 Å². The third-order valence-corrected chi connectivity index (χ3v) is 3.95. The summed E-state index contributed by atoms with van der Waals surface area (Å²) in [5.41, 5.74) is 11.9. The molecule has 1 fully saturated rings. The quantitative estimate of drug-likeness (QED) is 0.804. The van der Waals surface area contributed by atoms with Crippen LogP contribution in [0.1, 0.15) is 25.5 Å². The van der Waals surface area contributed by atoms with Crippen LogP contribution in [0.3, 0.4) is 0 Å². The van der Waals surface area contributed by atoms with Crippen molar-refractivity contribution >= 4 is 22.4 Å². The lowest BCUT2D eigenvalue weighted by Crippen LogP contribution is -2.45. The first-order valence-electron chi connectivity index (χ1n) is 5.68. The van der Waals surface area contributed by atoms with Gasteiger partial charge in [0.1, 0.15) is 10.7 Å². The van der Waals surface area contributed by atoms with Crippen LogP contribution in [0, 0.1) is 5.92 Å². The third kappa shape index (κ3) is 2.73. The summed E-state index contributed by atoms with van der Waals surface area (Å²) in [6.07, 6.45) is 1.85. The summed E-state index contributed by atoms with van der Waals surface area (Å²) in [5.74, 6) is -0.273. The molecule has 1 aliphatic heterocycles. The number of nitrogens with zero attached hydrogens (tertiary/aromatic N) is 3. The van der Waals surface area contributed by atoms with E-state index >= 15 is 0 Å². The molecule has 17 heavy (non-hydrogen) atoms. The van der Waals surface area contributed by atoms with Crippen LogP contribution in [0.5, 0.6) is 0 Å². The zero-order valence-corrected chi connectivity index (χ0v) is 10.6. The van der Waals surface area contributed by atoms with Gasteiger partial charge in [-0.15, -0.1) is 5.10 Å². The second kappa shape index (κ2) is 4.97. The highest BCUT2D eigenvalue weighted by atomic mass is 32.1. The fourth-order valence-electron chi connectivity index (χ4n) is 2.15. The van der Waals surface area contributed by atoms with Crippen molar-refractivity contribution in [3.05, 3.63) is 5.69 Å². The van der Waals surface area contributed by atoms with Gasteiger partial charge >= 0.3 is 0 Å². The molecule has 0 radical (unpaired) electrons. The Labute approximate surface area is 104 Å². The van der Waals surface area contributed by atoms with Crippen LogP contribution >= 0.6 is 11.5 Å². The van der Waals surface area contributed by atoms with Crippen molar-refractivity contribution in [1.29, 1.82) is 0 Å². The van der Waals surface area contributed by atoms with Gasteiger partial charge in [-0.2, -0.15) is 0 Å². The molecule has 2 atom stereocenters. The van der Waals surface area contributed by atoms with Crippen molar-refractivity contribution in [3.63, 3.8) is 0 Å². The van der Waals surface area contributed by atoms with Gasteiger partial charge in [-0.3, -0.25) is 9.69 Å². The van der Waals surface area contributed by atoms with E-state index in [1.165, 1.54) is 11.5 Å². The van der Waals surface area contributed by atoms with E-state index in [1.807, 2.05) is 0 Å². The largest absolute Gasteiger partial charge is 0.388 e. The van der Waals surface area contributed by atoms with Crippen LogP contribution in [0.2, 0.25) is 0 Å². The van der Waals surface area contributed by atoms with Gasteiger partial charge in [0.2, 0.25) is 5.91 Å². The Morgan fingerprint density at radius 1 is 1.59 bits per heavy atom. The van der Waals surface area contributed by atoms with E-state index in [0.29, 0.717) is 24.1 Å². The molecule has 94 valence electrons. The number of rotatable bonds is 3. The number of carbonyl (C=O) groups is 1. The Balaban J connectivity index is 2.03. The van der Waals surface area contributed by atoms with Crippen molar-refractivity contribution in [2.75, 3.05) is 12.3 Å². The molecule has 0 bridgehead atoms. The van der Waals surface area contributed by atoms with Crippen LogP contribution in [0.4, 0.5) is 5.00 Å². The average molecular weight is 255 g/mol. The molecule has 1 aliphatic rings. The van der Waals surface area contributed by atoms with Crippen LogP contribution in [0.25, 0.3) is 0 Å². The first-order valence-corrected chi connectivity index (χ1v) is 6.45. The zero-order valence-electron chi connectivity index (χ0n) is 9.80. The van der Waals surface area contributed by atoms with E-state index in [9.17, 15) is 4.79 Å². The average Bonchev–Trinajstić information content (AvgIpc) is 2.67. The Hall–Kier alpha value is -1.21. The lowest BCUT2D eigenvalue weighted by atomic mass is 9.93. The highest BCUT2D eigenvalue weighted by molar-refractivity contribution is 7.09. The number of hydrogen-bond donors (Lipinski definition) is 2. The summed E-state index contributed by atoms with van der Waals surface area (Å²) in [6, 6.07) is 0.423. The molecule has 2 rings (SSSR count). The highest BCUT2D eigenvalue weighted by Gasteiger charge is 2.29. The summed E-state index contributed by atoms with van der Waals surface area (Å²) in [4.78, 5) is 13.4. The maximum absolute atomic E-state index is 11.2. The van der Waals surface area contributed by atoms with Crippen molar-refractivity contribution in [2.24, 2.45) is 11.7 Å². The molecular formula is C10H17N5OS. The molecule has 1 amide bonds. The smallest absolute Gasteiger partial charge is 0.221 e. The van der Waals surface area contributed by atoms with Gasteiger partial charge in [-0.1, -0.05) is 4.49 Å². The molecule has 2 unspecified atom stereocenters. The van der Waals surface area contributed by atoms with E-state index in [-0.39, 0.29) is 11.8 Å². The number of hydrogen-bond acceptors (Lipinski definition) is 6. The van der Waals surface area contributed by atoms with Gasteiger partial charge in [0.15, 0.2) is 0 Å². The molecule has 0 spiro atoms. The number of amides is 1. The standard InChI is InChI=1S/C10H17N5OS/c1-6-2-3-7(9(11)16)4-15(6)5-8-10(12)17-14-13-8/h6-7H,2-5,12H2,1H3,(H2,11,16). The zero-order chi connectivity index (χ0) is 12.4. The first kappa shape index (κ1) is 12.3. The molecule has 1 aromatic rings. The van der Waals surface area contributed by atoms with Crippen molar-refractivity contribution in [2.45, 2.75) is 32.4 Å². The lowest BCUT2D eigenvalue weighted by molar-refractivity contribution is -0.124. The Bertz CT molecular complexity index is 407. The Morgan fingerprint density at radius 2 is 2.35 bits per heavy atom. The molecule has 1 aromatic heterocycles. The highest BCUT2D eigenvalue weighted by Crippen LogP contribution is 2.25. The van der Waals surface area contributed by atoms with E-state index in [0.717, 1.165) is 18.5 Å². The molecule has 2 heterocycles. The number of nitrogen functional groups attached to an aromatic ring is 1. The molecule has 4 N–H and O–H groups in total. The van der Waals surface area contributed by atoms with Crippen LogP contribution in [-0.2, 0) is 11.3 Å². The molecule has 0 aromatic carbocycles. The summed E-state index contributed by atoms with van der Waals surface area (Å²) in [5, 5.41) is 4.65. The minimum absolute atomic E-state index is 0.0565. The van der Waals surface area contributed by atoms with Gasteiger partial charge in [0.05, 0.1) is 5.92 Å². The molecule has 6 nitrogen and oxygen atoms in total. The van der Waals surface area contributed by atoms with Gasteiger partial charge in [0, 0.05) is 30.7 Å². The molecule has 0 aliphatic carbocycles. The van der Waals surface area contributed by atoms with Crippen molar-refractivity contribution in [3.8, 4) is 0 Å². The van der Waals surface area contributed by atoms with Crippen LogP contribution in [0.15, 0.2) is 0 Å². The van der Waals surface area contributed by atoms with Crippen LogP contribution < -0.4 is 11.5 Å². The van der Waals surface area contributed by atoms with Crippen LogP contribution in [-0.4, -0.2) is 33.0 Å². The predicted octanol–water partition coefficient (Wildman–Crippen LogP) is 0.206. The van der Waals surface area contributed by atoms with E-state index in [4.69, 9.17) is 11.5 Å². The summed E-state index contributed by atoms with van der Waals surface area (Å²) in [7, 11) is 0. The van der Waals surface area contributed by atoms with Gasteiger partial charge < -0.3 is 11.5 Å². The maximum atomic E-state index is 11.2. The summed E-state index contributed by atoms with van der Waals surface area (Å²) < 4.78 is 3.81. The minimum Gasteiger partial charge on any atom is -0.388 e. The third-order valence-electron chi connectivity index (χ3n) is 3.35. The lowest BCUT2D eigenvalue weighted by Gasteiger charge is -2.36. The number of primary amides is 1.